The molecule has 8 heteroatoms. The first-order valence-electron chi connectivity index (χ1n) is 6.94. The van der Waals surface area contributed by atoms with E-state index in [9.17, 15) is 9.59 Å². The molecule has 0 atom stereocenters. The number of halogens is 1. The number of furan rings is 1. The van der Waals surface area contributed by atoms with Crippen LogP contribution in [-0.2, 0) is 0 Å². The minimum absolute atomic E-state index is 0.105. The van der Waals surface area contributed by atoms with Crippen molar-refractivity contribution in [1.82, 2.24) is 15.1 Å². The number of H-pyrrole nitrogens is 1. The molecule has 3 heterocycles. The highest BCUT2D eigenvalue weighted by atomic mass is 79.9. The van der Waals surface area contributed by atoms with Crippen molar-refractivity contribution < 1.29 is 14.0 Å². The van der Waals surface area contributed by atoms with Crippen LogP contribution in [-0.4, -0.2) is 40.0 Å². The molecular formula is C14H15BrN4O3. The maximum Gasteiger partial charge on any atom is 0.289 e. The largest absolute Gasteiger partial charge is 0.444 e. The SMILES string of the molecule is NC(=O)c1cc(C2CCN(C(=O)c3ccc(Br)o3)CC2)[nH]n1. The van der Waals surface area contributed by atoms with Crippen LogP contribution < -0.4 is 5.73 Å². The predicted molar refractivity (Wildman–Crippen MR) is 81.4 cm³/mol. The van der Waals surface area contributed by atoms with Crippen molar-refractivity contribution in [1.29, 1.82) is 0 Å². The molecule has 3 N–H and O–H groups in total. The summed E-state index contributed by atoms with van der Waals surface area (Å²) in [6.45, 7) is 1.26. The first-order valence-corrected chi connectivity index (χ1v) is 7.73. The van der Waals surface area contributed by atoms with Crippen molar-refractivity contribution in [2.75, 3.05) is 13.1 Å². The van der Waals surface area contributed by atoms with E-state index in [1.54, 1.807) is 23.1 Å². The van der Waals surface area contributed by atoms with Gasteiger partial charge < -0.3 is 15.1 Å². The second kappa shape index (κ2) is 5.96. The molecule has 0 bridgehead atoms. The number of amides is 2. The third kappa shape index (κ3) is 2.92. The number of carbonyl (C=O) groups is 2. The van der Waals surface area contributed by atoms with Crippen LogP contribution in [0.4, 0.5) is 0 Å². The number of piperidine rings is 1. The molecular weight excluding hydrogens is 352 g/mol. The van der Waals surface area contributed by atoms with Gasteiger partial charge in [0.1, 0.15) is 5.69 Å². The second-order valence-corrected chi connectivity index (χ2v) is 6.02. The molecule has 7 nitrogen and oxygen atoms in total. The summed E-state index contributed by atoms with van der Waals surface area (Å²) in [6.07, 6.45) is 1.60. The number of aromatic nitrogens is 2. The smallest absolute Gasteiger partial charge is 0.289 e. The van der Waals surface area contributed by atoms with E-state index in [0.717, 1.165) is 18.5 Å². The molecule has 0 aliphatic carbocycles. The molecule has 0 spiro atoms. The molecule has 0 saturated carbocycles. The molecule has 0 aromatic carbocycles. The molecule has 0 unspecified atom stereocenters. The molecule has 2 amide bonds. The topological polar surface area (TPSA) is 105 Å². The zero-order valence-electron chi connectivity index (χ0n) is 11.7. The van der Waals surface area contributed by atoms with E-state index in [1.165, 1.54) is 0 Å². The fourth-order valence-electron chi connectivity index (χ4n) is 2.65. The Morgan fingerprint density at radius 3 is 2.64 bits per heavy atom. The number of carbonyl (C=O) groups excluding carboxylic acids is 2. The molecule has 0 radical (unpaired) electrons. The van der Waals surface area contributed by atoms with Gasteiger partial charge in [-0.05, 0) is 47.0 Å². The van der Waals surface area contributed by atoms with E-state index >= 15 is 0 Å². The monoisotopic (exact) mass is 366 g/mol. The summed E-state index contributed by atoms with van der Waals surface area (Å²) in [4.78, 5) is 25.1. The Labute approximate surface area is 135 Å². The van der Waals surface area contributed by atoms with Gasteiger partial charge >= 0.3 is 0 Å². The first-order chi connectivity index (χ1) is 10.5. The molecule has 1 saturated heterocycles. The van der Waals surface area contributed by atoms with Gasteiger partial charge in [-0.3, -0.25) is 14.7 Å². The fourth-order valence-corrected chi connectivity index (χ4v) is 2.96. The Balaban J connectivity index is 1.62. The number of likely N-dealkylation sites (tertiary alicyclic amines) is 1. The fraction of sp³-hybridized carbons (Fsp3) is 0.357. The predicted octanol–water partition coefficient (Wildman–Crippen LogP) is 1.88. The lowest BCUT2D eigenvalue weighted by Crippen LogP contribution is -2.37. The number of nitrogens with two attached hydrogens (primary N) is 1. The van der Waals surface area contributed by atoms with Crippen molar-refractivity contribution in [3.63, 3.8) is 0 Å². The molecule has 116 valence electrons. The highest BCUT2D eigenvalue weighted by Gasteiger charge is 2.27. The Kier molecular flexibility index (Phi) is 4.02. The zero-order chi connectivity index (χ0) is 15.7. The second-order valence-electron chi connectivity index (χ2n) is 5.24. The molecule has 1 aliphatic heterocycles. The summed E-state index contributed by atoms with van der Waals surface area (Å²) < 4.78 is 5.84. The molecule has 1 fully saturated rings. The van der Waals surface area contributed by atoms with Gasteiger partial charge in [0.2, 0.25) is 0 Å². The molecule has 3 rings (SSSR count). The standard InChI is InChI=1S/C14H15BrN4O3/c15-12-2-1-11(22-12)14(21)19-5-3-8(4-6-19)9-7-10(13(16)20)18-17-9/h1-2,7-8H,3-6H2,(H2,16,20)(H,17,18). The van der Waals surface area contributed by atoms with Gasteiger partial charge in [-0.1, -0.05) is 0 Å². The van der Waals surface area contributed by atoms with Gasteiger partial charge in [-0.15, -0.1) is 0 Å². The Morgan fingerprint density at radius 2 is 2.09 bits per heavy atom. The van der Waals surface area contributed by atoms with Gasteiger partial charge in [0.05, 0.1) is 0 Å². The maximum absolute atomic E-state index is 12.3. The number of primary amides is 1. The molecule has 22 heavy (non-hydrogen) atoms. The highest BCUT2D eigenvalue weighted by molar-refractivity contribution is 9.10. The van der Waals surface area contributed by atoms with Gasteiger partial charge in [-0.25, -0.2) is 0 Å². The lowest BCUT2D eigenvalue weighted by Gasteiger charge is -2.30. The van der Waals surface area contributed by atoms with E-state index in [2.05, 4.69) is 26.1 Å². The number of aromatic amines is 1. The van der Waals surface area contributed by atoms with Crippen molar-refractivity contribution >= 4 is 27.7 Å². The first kappa shape index (κ1) is 14.8. The molecule has 1 aliphatic rings. The number of nitrogens with zero attached hydrogens (tertiary/aromatic N) is 2. The Hall–Kier alpha value is -2.09. The van der Waals surface area contributed by atoms with E-state index in [1.807, 2.05) is 0 Å². The normalized spacial score (nSPS) is 16.0. The zero-order valence-corrected chi connectivity index (χ0v) is 13.3. The summed E-state index contributed by atoms with van der Waals surface area (Å²) in [6, 6.07) is 5.05. The van der Waals surface area contributed by atoms with Crippen LogP contribution in [0.2, 0.25) is 0 Å². The number of hydrogen-bond donors (Lipinski definition) is 2. The average molecular weight is 367 g/mol. The number of hydrogen-bond acceptors (Lipinski definition) is 4. The van der Waals surface area contributed by atoms with Crippen molar-refractivity contribution in [3.8, 4) is 0 Å². The van der Waals surface area contributed by atoms with Crippen LogP contribution in [0.3, 0.4) is 0 Å². The van der Waals surface area contributed by atoms with Gasteiger partial charge in [0, 0.05) is 24.7 Å². The van der Waals surface area contributed by atoms with E-state index in [-0.39, 0.29) is 17.5 Å². The summed E-state index contributed by atoms with van der Waals surface area (Å²) in [7, 11) is 0. The maximum atomic E-state index is 12.3. The third-order valence-electron chi connectivity index (χ3n) is 3.86. The van der Waals surface area contributed by atoms with E-state index < -0.39 is 5.91 Å². The third-order valence-corrected chi connectivity index (χ3v) is 4.28. The highest BCUT2D eigenvalue weighted by Crippen LogP contribution is 2.28. The minimum atomic E-state index is -0.543. The van der Waals surface area contributed by atoms with Gasteiger partial charge in [0.15, 0.2) is 10.4 Å². The number of rotatable bonds is 3. The van der Waals surface area contributed by atoms with Crippen LogP contribution in [0.1, 0.15) is 45.5 Å². The average Bonchev–Trinajstić information content (AvgIpc) is 3.16. The van der Waals surface area contributed by atoms with Crippen molar-refractivity contribution in [2.24, 2.45) is 5.73 Å². The summed E-state index contributed by atoms with van der Waals surface area (Å²) in [5, 5.41) is 6.75. The number of nitrogens with one attached hydrogen (secondary N) is 1. The van der Waals surface area contributed by atoms with Gasteiger partial charge in [-0.2, -0.15) is 5.10 Å². The lowest BCUT2D eigenvalue weighted by atomic mass is 9.93. The van der Waals surface area contributed by atoms with E-state index in [4.69, 9.17) is 10.2 Å². The summed E-state index contributed by atoms with van der Waals surface area (Å²) >= 11 is 3.19. The quantitative estimate of drug-likeness (QED) is 0.864. The van der Waals surface area contributed by atoms with Crippen LogP contribution in [0, 0.1) is 0 Å². The minimum Gasteiger partial charge on any atom is -0.444 e. The Morgan fingerprint density at radius 1 is 1.36 bits per heavy atom. The van der Waals surface area contributed by atoms with Crippen molar-refractivity contribution in [3.05, 3.63) is 40.0 Å². The Bertz CT molecular complexity index is 701. The van der Waals surface area contributed by atoms with Crippen LogP contribution in [0.5, 0.6) is 0 Å². The summed E-state index contributed by atoms with van der Waals surface area (Å²) in [5.41, 5.74) is 6.33. The van der Waals surface area contributed by atoms with Crippen molar-refractivity contribution in [2.45, 2.75) is 18.8 Å². The summed E-state index contributed by atoms with van der Waals surface area (Å²) in [5.74, 6) is -0.0686. The molecule has 2 aromatic heterocycles. The molecule has 2 aromatic rings. The van der Waals surface area contributed by atoms with E-state index in [0.29, 0.717) is 23.5 Å². The lowest BCUT2D eigenvalue weighted by molar-refractivity contribution is 0.0678. The van der Waals surface area contributed by atoms with Gasteiger partial charge in [0.25, 0.3) is 11.8 Å². The van der Waals surface area contributed by atoms with Crippen LogP contribution >= 0.6 is 15.9 Å². The van der Waals surface area contributed by atoms with Crippen LogP contribution in [0.25, 0.3) is 0 Å². The van der Waals surface area contributed by atoms with Crippen LogP contribution in [0.15, 0.2) is 27.3 Å².